The van der Waals surface area contributed by atoms with Gasteiger partial charge in [-0.1, -0.05) is 6.07 Å². The molecule has 5 heteroatoms. The summed E-state index contributed by atoms with van der Waals surface area (Å²) in [6.07, 6.45) is 3.85. The van der Waals surface area contributed by atoms with E-state index in [9.17, 15) is 4.79 Å². The second-order valence-electron chi connectivity index (χ2n) is 3.52. The Morgan fingerprint density at radius 1 is 1.62 bits per heavy atom. The van der Waals surface area contributed by atoms with Crippen LogP contribution in [0.3, 0.4) is 0 Å². The van der Waals surface area contributed by atoms with E-state index in [-0.39, 0.29) is 12.4 Å². The Morgan fingerprint density at radius 3 is 3.12 bits per heavy atom. The first-order valence-electron chi connectivity index (χ1n) is 4.96. The van der Waals surface area contributed by atoms with Crippen LogP contribution in [-0.2, 0) is 9.53 Å². The standard InChI is InChI=1S/C11H13N3O2/c1-16-11(15)6-8(12)9-7-14-5-3-2-4-10(14)13-9/h2-5,7-8H,6,12H2,1H3/t8-/m1/s1. The maximum Gasteiger partial charge on any atom is 0.307 e. The number of nitrogens with zero attached hydrogens (tertiary/aromatic N) is 2. The van der Waals surface area contributed by atoms with Crippen molar-refractivity contribution in [2.75, 3.05) is 7.11 Å². The van der Waals surface area contributed by atoms with Crippen LogP contribution >= 0.6 is 0 Å². The minimum absolute atomic E-state index is 0.139. The average Bonchev–Trinajstić information content (AvgIpc) is 2.72. The van der Waals surface area contributed by atoms with Crippen molar-refractivity contribution in [1.82, 2.24) is 9.38 Å². The van der Waals surface area contributed by atoms with Gasteiger partial charge in [-0.3, -0.25) is 4.79 Å². The molecule has 0 saturated carbocycles. The number of hydrogen-bond donors (Lipinski definition) is 1. The van der Waals surface area contributed by atoms with Crippen LogP contribution < -0.4 is 5.73 Å². The van der Waals surface area contributed by atoms with Gasteiger partial charge in [0.1, 0.15) is 5.65 Å². The Morgan fingerprint density at radius 2 is 2.44 bits per heavy atom. The molecule has 2 rings (SSSR count). The number of methoxy groups -OCH3 is 1. The summed E-state index contributed by atoms with van der Waals surface area (Å²) in [5.41, 5.74) is 7.37. The quantitative estimate of drug-likeness (QED) is 0.778. The average molecular weight is 219 g/mol. The van der Waals surface area contributed by atoms with E-state index in [0.717, 1.165) is 5.65 Å². The van der Waals surface area contributed by atoms with Crippen molar-refractivity contribution in [2.45, 2.75) is 12.5 Å². The normalized spacial score (nSPS) is 12.6. The van der Waals surface area contributed by atoms with Crippen LogP contribution in [0.1, 0.15) is 18.2 Å². The highest BCUT2D eigenvalue weighted by Gasteiger charge is 2.14. The molecule has 0 aliphatic carbocycles. The number of carbonyl (C=O) groups excluding carboxylic acids is 1. The zero-order chi connectivity index (χ0) is 11.5. The van der Waals surface area contributed by atoms with Gasteiger partial charge in [-0.05, 0) is 12.1 Å². The maximum absolute atomic E-state index is 11.1. The first-order chi connectivity index (χ1) is 7.70. The van der Waals surface area contributed by atoms with Crippen LogP contribution in [0.2, 0.25) is 0 Å². The molecule has 0 aliphatic rings. The van der Waals surface area contributed by atoms with Gasteiger partial charge in [-0.25, -0.2) is 4.98 Å². The summed E-state index contributed by atoms with van der Waals surface area (Å²) in [5.74, 6) is -0.329. The Bertz CT molecular complexity index is 474. The fraction of sp³-hybridized carbons (Fsp3) is 0.273. The molecule has 0 radical (unpaired) electrons. The molecule has 0 aliphatic heterocycles. The maximum atomic E-state index is 11.1. The Labute approximate surface area is 92.8 Å². The molecule has 5 nitrogen and oxygen atoms in total. The molecule has 0 unspecified atom stereocenters. The van der Waals surface area contributed by atoms with E-state index in [4.69, 9.17) is 5.73 Å². The summed E-state index contributed by atoms with van der Waals surface area (Å²) in [6.45, 7) is 0. The molecule has 0 amide bonds. The van der Waals surface area contributed by atoms with Crippen molar-refractivity contribution < 1.29 is 9.53 Å². The number of aromatic nitrogens is 2. The molecule has 0 fully saturated rings. The van der Waals surface area contributed by atoms with Crippen LogP contribution in [-0.4, -0.2) is 22.5 Å². The van der Waals surface area contributed by atoms with E-state index in [1.54, 1.807) is 0 Å². The number of imidazole rings is 1. The summed E-state index contributed by atoms with van der Waals surface area (Å²) in [4.78, 5) is 15.4. The molecule has 2 N–H and O–H groups in total. The fourth-order valence-electron chi connectivity index (χ4n) is 1.50. The molecule has 0 bridgehead atoms. The Kier molecular flexibility index (Phi) is 2.87. The summed E-state index contributed by atoms with van der Waals surface area (Å²) < 4.78 is 6.43. The van der Waals surface area contributed by atoms with E-state index in [0.29, 0.717) is 5.69 Å². The van der Waals surface area contributed by atoms with E-state index in [2.05, 4.69) is 9.72 Å². The fourth-order valence-corrected chi connectivity index (χ4v) is 1.50. The molecule has 84 valence electrons. The van der Waals surface area contributed by atoms with E-state index >= 15 is 0 Å². The number of fused-ring (bicyclic) bond motifs is 1. The summed E-state index contributed by atoms with van der Waals surface area (Å²) in [5, 5.41) is 0. The van der Waals surface area contributed by atoms with Gasteiger partial charge in [0.15, 0.2) is 0 Å². The first kappa shape index (κ1) is 10.6. The van der Waals surface area contributed by atoms with Crippen molar-refractivity contribution in [3.8, 4) is 0 Å². The van der Waals surface area contributed by atoms with E-state index in [1.165, 1.54) is 7.11 Å². The third-order valence-corrected chi connectivity index (χ3v) is 2.38. The molecule has 2 aromatic heterocycles. The van der Waals surface area contributed by atoms with E-state index < -0.39 is 6.04 Å². The van der Waals surface area contributed by atoms with Crippen molar-refractivity contribution in [2.24, 2.45) is 5.73 Å². The molecule has 0 spiro atoms. The smallest absolute Gasteiger partial charge is 0.307 e. The van der Waals surface area contributed by atoms with Gasteiger partial charge in [-0.2, -0.15) is 0 Å². The minimum atomic E-state index is -0.424. The second kappa shape index (κ2) is 4.32. The number of pyridine rings is 1. The number of ether oxygens (including phenoxy) is 1. The Balaban J connectivity index is 2.23. The largest absolute Gasteiger partial charge is 0.469 e. The van der Waals surface area contributed by atoms with Gasteiger partial charge < -0.3 is 14.9 Å². The molecule has 2 heterocycles. The van der Waals surface area contributed by atoms with Crippen LogP contribution in [0.25, 0.3) is 5.65 Å². The molecule has 0 saturated heterocycles. The Hall–Kier alpha value is -1.88. The third kappa shape index (κ3) is 2.04. The molecule has 2 aromatic rings. The summed E-state index contributed by atoms with van der Waals surface area (Å²) >= 11 is 0. The van der Waals surface area contributed by atoms with Crippen molar-refractivity contribution in [3.63, 3.8) is 0 Å². The van der Waals surface area contributed by atoms with Gasteiger partial charge in [0.05, 0.1) is 25.3 Å². The first-order valence-corrected chi connectivity index (χ1v) is 4.96. The van der Waals surface area contributed by atoms with Gasteiger partial charge >= 0.3 is 5.97 Å². The van der Waals surface area contributed by atoms with Crippen molar-refractivity contribution in [1.29, 1.82) is 0 Å². The number of esters is 1. The van der Waals surface area contributed by atoms with Gasteiger partial charge in [0.2, 0.25) is 0 Å². The van der Waals surface area contributed by atoms with E-state index in [1.807, 2.05) is 35.0 Å². The highest BCUT2D eigenvalue weighted by molar-refractivity contribution is 5.70. The lowest BCUT2D eigenvalue weighted by Gasteiger charge is -2.05. The summed E-state index contributed by atoms with van der Waals surface area (Å²) in [7, 11) is 1.35. The topological polar surface area (TPSA) is 69.6 Å². The third-order valence-electron chi connectivity index (χ3n) is 2.38. The zero-order valence-electron chi connectivity index (χ0n) is 8.96. The predicted molar refractivity (Wildman–Crippen MR) is 58.8 cm³/mol. The monoisotopic (exact) mass is 219 g/mol. The van der Waals surface area contributed by atoms with Gasteiger partial charge in [-0.15, -0.1) is 0 Å². The van der Waals surface area contributed by atoms with Crippen molar-refractivity contribution in [3.05, 3.63) is 36.3 Å². The lowest BCUT2D eigenvalue weighted by atomic mass is 10.2. The summed E-state index contributed by atoms with van der Waals surface area (Å²) in [6, 6.07) is 5.27. The van der Waals surface area contributed by atoms with Gasteiger partial charge in [0.25, 0.3) is 0 Å². The number of hydrogen-bond acceptors (Lipinski definition) is 4. The van der Waals surface area contributed by atoms with Crippen LogP contribution in [0.15, 0.2) is 30.6 Å². The number of carbonyl (C=O) groups is 1. The highest BCUT2D eigenvalue weighted by atomic mass is 16.5. The van der Waals surface area contributed by atoms with Crippen molar-refractivity contribution >= 4 is 11.6 Å². The molecular formula is C11H13N3O2. The van der Waals surface area contributed by atoms with Crippen LogP contribution in [0, 0.1) is 0 Å². The SMILES string of the molecule is COC(=O)C[C@@H](N)c1cn2ccccc2n1. The minimum Gasteiger partial charge on any atom is -0.469 e. The number of nitrogens with two attached hydrogens (primary N) is 1. The second-order valence-corrected chi connectivity index (χ2v) is 3.52. The molecule has 1 atom stereocenters. The lowest BCUT2D eigenvalue weighted by Crippen LogP contribution is -2.16. The number of rotatable bonds is 3. The predicted octanol–water partition coefficient (Wildman–Crippen LogP) is 0.897. The molecule has 16 heavy (non-hydrogen) atoms. The highest BCUT2D eigenvalue weighted by Crippen LogP contribution is 2.14. The molecule has 0 aromatic carbocycles. The van der Waals surface area contributed by atoms with Crippen LogP contribution in [0.5, 0.6) is 0 Å². The lowest BCUT2D eigenvalue weighted by molar-refractivity contribution is -0.141. The zero-order valence-corrected chi connectivity index (χ0v) is 8.96. The molecular weight excluding hydrogens is 206 g/mol. The van der Waals surface area contributed by atoms with Crippen LogP contribution in [0.4, 0.5) is 0 Å². The van der Waals surface area contributed by atoms with Gasteiger partial charge in [0, 0.05) is 12.4 Å².